The van der Waals surface area contributed by atoms with E-state index in [0.717, 1.165) is 16.3 Å². The first-order valence-electron chi connectivity index (χ1n) is 4.63. The molecule has 1 heterocycles. The van der Waals surface area contributed by atoms with Crippen LogP contribution in [0.1, 0.15) is 13.8 Å². The second-order valence-electron chi connectivity index (χ2n) is 3.62. The van der Waals surface area contributed by atoms with Crippen LogP contribution in [0.3, 0.4) is 0 Å². The molecule has 0 atom stereocenters. The minimum absolute atomic E-state index is 0.164. The summed E-state index contributed by atoms with van der Waals surface area (Å²) >= 11 is 0. The monoisotopic (exact) mass is 278 g/mol. The fourth-order valence-electron chi connectivity index (χ4n) is 1.08. The Hall–Kier alpha value is -1.34. The van der Waals surface area contributed by atoms with Crippen molar-refractivity contribution in [2.75, 3.05) is 0 Å². The summed E-state index contributed by atoms with van der Waals surface area (Å²) in [5, 5.41) is 0. The molecule has 94 valence electrons. The Morgan fingerprint density at radius 2 is 2.06 bits per heavy atom. The highest BCUT2D eigenvalue weighted by Gasteiger charge is 2.16. The molecule has 17 heavy (non-hydrogen) atoms. The highest BCUT2D eigenvalue weighted by molar-refractivity contribution is 8.13. The SMILES string of the molecule is CC(C)=CCn1cc(S(=O)(=O)Cl)c(=O)[nH]c1=O. The molecule has 0 unspecified atom stereocenters. The lowest BCUT2D eigenvalue weighted by molar-refractivity contribution is 0.603. The summed E-state index contributed by atoms with van der Waals surface area (Å²) in [5.74, 6) is 0. The number of hydrogen-bond acceptors (Lipinski definition) is 4. The molecule has 1 aromatic rings. The molecule has 0 aliphatic carbocycles. The highest BCUT2D eigenvalue weighted by Crippen LogP contribution is 2.07. The van der Waals surface area contributed by atoms with Crippen molar-refractivity contribution in [3.63, 3.8) is 0 Å². The number of hydrogen-bond donors (Lipinski definition) is 1. The number of allylic oxidation sites excluding steroid dienone is 2. The Morgan fingerprint density at radius 3 is 2.53 bits per heavy atom. The Morgan fingerprint density at radius 1 is 1.47 bits per heavy atom. The Kier molecular flexibility index (Phi) is 3.94. The molecular formula is C9H11ClN2O4S. The van der Waals surface area contributed by atoms with Crippen LogP contribution in [-0.2, 0) is 15.6 Å². The van der Waals surface area contributed by atoms with E-state index in [-0.39, 0.29) is 6.54 Å². The number of nitrogens with one attached hydrogen (secondary N) is 1. The second kappa shape index (κ2) is 4.89. The minimum atomic E-state index is -4.16. The van der Waals surface area contributed by atoms with Gasteiger partial charge in [0, 0.05) is 23.4 Å². The van der Waals surface area contributed by atoms with Crippen molar-refractivity contribution < 1.29 is 8.42 Å². The van der Waals surface area contributed by atoms with Crippen LogP contribution >= 0.6 is 10.7 Å². The van der Waals surface area contributed by atoms with Crippen molar-refractivity contribution in [2.45, 2.75) is 25.3 Å². The molecular weight excluding hydrogens is 268 g/mol. The van der Waals surface area contributed by atoms with Gasteiger partial charge in [-0.1, -0.05) is 11.6 Å². The van der Waals surface area contributed by atoms with E-state index < -0.39 is 25.2 Å². The zero-order valence-electron chi connectivity index (χ0n) is 9.23. The van der Waals surface area contributed by atoms with Gasteiger partial charge in [0.25, 0.3) is 14.6 Å². The summed E-state index contributed by atoms with van der Waals surface area (Å²) in [7, 11) is 0.909. The van der Waals surface area contributed by atoms with Gasteiger partial charge >= 0.3 is 5.69 Å². The predicted octanol–water partition coefficient (Wildman–Crippen LogP) is 0.430. The topological polar surface area (TPSA) is 89.0 Å². The Balaban J connectivity index is 3.40. The molecule has 1 rings (SSSR count). The van der Waals surface area contributed by atoms with E-state index in [0.29, 0.717) is 0 Å². The molecule has 0 aliphatic heterocycles. The van der Waals surface area contributed by atoms with Crippen LogP contribution in [0.2, 0.25) is 0 Å². The van der Waals surface area contributed by atoms with E-state index in [2.05, 4.69) is 0 Å². The molecule has 8 heteroatoms. The van der Waals surface area contributed by atoms with Crippen LogP contribution in [0.5, 0.6) is 0 Å². The van der Waals surface area contributed by atoms with Crippen LogP contribution in [0.4, 0.5) is 0 Å². The lowest BCUT2D eigenvalue weighted by Gasteiger charge is -2.03. The number of aromatic nitrogens is 2. The largest absolute Gasteiger partial charge is 0.328 e. The smallest absolute Gasteiger partial charge is 0.295 e. The molecule has 0 saturated carbocycles. The molecule has 0 bridgehead atoms. The summed E-state index contributed by atoms with van der Waals surface area (Å²) in [4.78, 5) is 23.9. The minimum Gasteiger partial charge on any atom is -0.295 e. The van der Waals surface area contributed by atoms with Crippen molar-refractivity contribution in [3.8, 4) is 0 Å². The van der Waals surface area contributed by atoms with Gasteiger partial charge in [0.15, 0.2) is 4.90 Å². The van der Waals surface area contributed by atoms with E-state index in [1.165, 1.54) is 0 Å². The molecule has 1 aromatic heterocycles. The van der Waals surface area contributed by atoms with Crippen LogP contribution < -0.4 is 11.2 Å². The van der Waals surface area contributed by atoms with E-state index in [1.807, 2.05) is 18.8 Å². The lowest BCUT2D eigenvalue weighted by Crippen LogP contribution is -2.32. The maximum atomic E-state index is 11.4. The van der Waals surface area contributed by atoms with Gasteiger partial charge in [-0.2, -0.15) is 0 Å². The first-order valence-corrected chi connectivity index (χ1v) is 6.94. The first-order chi connectivity index (χ1) is 7.71. The number of halogens is 1. The third kappa shape index (κ3) is 3.57. The number of aromatic amines is 1. The quantitative estimate of drug-likeness (QED) is 0.641. The molecule has 1 N–H and O–H groups in total. The lowest BCUT2D eigenvalue weighted by atomic mass is 10.3. The van der Waals surface area contributed by atoms with Gasteiger partial charge in [-0.25, -0.2) is 13.2 Å². The third-order valence-electron chi connectivity index (χ3n) is 1.94. The van der Waals surface area contributed by atoms with Crippen molar-refractivity contribution in [3.05, 3.63) is 38.7 Å². The van der Waals surface area contributed by atoms with Crippen molar-refractivity contribution in [1.82, 2.24) is 9.55 Å². The molecule has 0 aromatic carbocycles. The number of rotatable bonds is 3. The predicted molar refractivity (Wildman–Crippen MR) is 63.8 cm³/mol. The third-order valence-corrected chi connectivity index (χ3v) is 3.25. The summed E-state index contributed by atoms with van der Waals surface area (Å²) < 4.78 is 23.2. The fourth-order valence-corrected chi connectivity index (χ4v) is 1.93. The Labute approximate surface area is 102 Å². The normalized spacial score (nSPS) is 11.2. The van der Waals surface area contributed by atoms with Gasteiger partial charge in [0.2, 0.25) is 0 Å². The van der Waals surface area contributed by atoms with Gasteiger partial charge in [-0.15, -0.1) is 0 Å². The standard InChI is InChI=1S/C9H11ClN2O4S/c1-6(2)3-4-12-5-7(17(10,15)16)8(13)11-9(12)14/h3,5H,4H2,1-2H3,(H,11,13,14). The van der Waals surface area contributed by atoms with Crippen molar-refractivity contribution in [2.24, 2.45) is 0 Å². The summed E-state index contributed by atoms with van der Waals surface area (Å²) in [5.41, 5.74) is -0.742. The van der Waals surface area contributed by atoms with E-state index in [4.69, 9.17) is 10.7 Å². The van der Waals surface area contributed by atoms with E-state index in [9.17, 15) is 18.0 Å². The maximum Gasteiger partial charge on any atom is 0.328 e. The van der Waals surface area contributed by atoms with Crippen LogP contribution in [-0.4, -0.2) is 18.0 Å². The average molecular weight is 279 g/mol. The van der Waals surface area contributed by atoms with Gasteiger partial charge in [0.1, 0.15) is 0 Å². The highest BCUT2D eigenvalue weighted by atomic mass is 35.7. The summed E-state index contributed by atoms with van der Waals surface area (Å²) in [6.45, 7) is 3.82. The molecule has 0 saturated heterocycles. The van der Waals surface area contributed by atoms with Crippen LogP contribution in [0.15, 0.2) is 32.3 Å². The molecule has 0 spiro atoms. The van der Waals surface area contributed by atoms with Crippen molar-refractivity contribution >= 4 is 19.7 Å². The maximum absolute atomic E-state index is 11.4. The van der Waals surface area contributed by atoms with Crippen molar-refractivity contribution in [1.29, 1.82) is 0 Å². The van der Waals surface area contributed by atoms with Crippen LogP contribution in [0.25, 0.3) is 0 Å². The zero-order valence-corrected chi connectivity index (χ0v) is 10.8. The average Bonchev–Trinajstić information content (AvgIpc) is 2.13. The summed E-state index contributed by atoms with van der Waals surface area (Å²) in [6, 6.07) is 0. The molecule has 0 radical (unpaired) electrons. The second-order valence-corrected chi connectivity index (χ2v) is 6.16. The molecule has 6 nitrogen and oxygen atoms in total. The van der Waals surface area contributed by atoms with E-state index in [1.54, 1.807) is 6.08 Å². The van der Waals surface area contributed by atoms with Gasteiger partial charge in [0.05, 0.1) is 0 Å². The van der Waals surface area contributed by atoms with E-state index >= 15 is 0 Å². The van der Waals surface area contributed by atoms with Crippen LogP contribution in [0, 0.1) is 0 Å². The Bertz CT molecular complexity index is 665. The van der Waals surface area contributed by atoms with Gasteiger partial charge < -0.3 is 0 Å². The molecule has 0 fully saturated rings. The fraction of sp³-hybridized carbons (Fsp3) is 0.333. The van der Waals surface area contributed by atoms with Gasteiger partial charge in [-0.3, -0.25) is 14.3 Å². The zero-order chi connectivity index (χ0) is 13.2. The summed E-state index contributed by atoms with van der Waals surface area (Å²) in [6.07, 6.45) is 2.65. The van der Waals surface area contributed by atoms with Gasteiger partial charge in [-0.05, 0) is 13.8 Å². The number of nitrogens with zero attached hydrogens (tertiary/aromatic N) is 1. The number of H-pyrrole nitrogens is 1. The first kappa shape index (κ1) is 13.7. The molecule has 0 amide bonds. The molecule has 0 aliphatic rings.